The maximum absolute atomic E-state index is 14.0. The Morgan fingerprint density at radius 2 is 2.08 bits per heavy atom. The lowest BCUT2D eigenvalue weighted by atomic mass is 9.99. The van der Waals surface area contributed by atoms with Gasteiger partial charge in [0.25, 0.3) is 5.91 Å². The Bertz CT molecular complexity index is 883. The molecular weight excluding hydrogens is 313 g/mol. The van der Waals surface area contributed by atoms with Crippen LogP contribution in [0.25, 0.3) is 0 Å². The summed E-state index contributed by atoms with van der Waals surface area (Å²) in [7, 11) is 0. The van der Waals surface area contributed by atoms with Gasteiger partial charge < -0.3 is 9.73 Å². The lowest BCUT2D eigenvalue weighted by molar-refractivity contribution is -0.132. The number of carbonyl (C=O) groups is 2. The molecule has 0 bridgehead atoms. The van der Waals surface area contributed by atoms with E-state index in [1.54, 1.807) is 26.0 Å². The van der Waals surface area contributed by atoms with Gasteiger partial charge in [-0.1, -0.05) is 6.07 Å². The third-order valence-electron chi connectivity index (χ3n) is 4.02. The summed E-state index contributed by atoms with van der Waals surface area (Å²) in [6.45, 7) is 3.05. The second-order valence-corrected chi connectivity index (χ2v) is 5.77. The number of imide groups is 1. The van der Waals surface area contributed by atoms with Crippen molar-refractivity contribution in [1.82, 2.24) is 10.2 Å². The number of nitrogens with one attached hydrogen (secondary N) is 1. The van der Waals surface area contributed by atoms with Gasteiger partial charge in [0.05, 0.1) is 18.2 Å². The Morgan fingerprint density at radius 3 is 2.67 bits per heavy atom. The molecule has 2 aromatic rings. The number of nitrogens with zero attached hydrogens (tertiary/aromatic N) is 2. The van der Waals surface area contributed by atoms with E-state index in [2.05, 4.69) is 5.32 Å². The molecule has 1 N–H and O–H groups in total. The van der Waals surface area contributed by atoms with Crippen molar-refractivity contribution < 1.29 is 18.4 Å². The summed E-state index contributed by atoms with van der Waals surface area (Å²) < 4.78 is 19.5. The van der Waals surface area contributed by atoms with Crippen molar-refractivity contribution in [3.05, 3.63) is 58.8 Å². The third kappa shape index (κ3) is 2.42. The molecule has 3 amide bonds. The van der Waals surface area contributed by atoms with Crippen LogP contribution in [0.5, 0.6) is 0 Å². The van der Waals surface area contributed by atoms with E-state index in [9.17, 15) is 14.0 Å². The molecule has 0 radical (unpaired) electrons. The van der Waals surface area contributed by atoms with Crippen LogP contribution >= 0.6 is 0 Å². The van der Waals surface area contributed by atoms with Gasteiger partial charge in [0, 0.05) is 5.56 Å². The summed E-state index contributed by atoms with van der Waals surface area (Å²) in [4.78, 5) is 25.8. The largest absolute Gasteiger partial charge is 0.463 e. The van der Waals surface area contributed by atoms with Crippen LogP contribution in [0.2, 0.25) is 0 Å². The fraction of sp³-hybridized carbons (Fsp3) is 0.235. The van der Waals surface area contributed by atoms with E-state index in [-0.39, 0.29) is 17.7 Å². The zero-order valence-electron chi connectivity index (χ0n) is 13.1. The van der Waals surface area contributed by atoms with E-state index in [0.717, 1.165) is 11.0 Å². The maximum atomic E-state index is 14.0. The Kier molecular flexibility index (Phi) is 3.60. The van der Waals surface area contributed by atoms with E-state index >= 15 is 0 Å². The molecule has 1 fully saturated rings. The Labute approximate surface area is 137 Å². The number of hydrogen-bond donors (Lipinski definition) is 1. The first kappa shape index (κ1) is 15.7. The SMILES string of the molecule is Cc1ccc(C2(C)NC(=O)N(Cc3ccc(C#N)cc3F)C2=O)o1. The van der Waals surface area contributed by atoms with E-state index in [4.69, 9.17) is 9.68 Å². The molecule has 3 rings (SSSR count). The molecule has 0 saturated carbocycles. The predicted molar refractivity (Wildman–Crippen MR) is 81.0 cm³/mol. The first-order chi connectivity index (χ1) is 11.3. The highest BCUT2D eigenvalue weighted by Crippen LogP contribution is 2.31. The highest BCUT2D eigenvalue weighted by molar-refractivity contribution is 6.06. The topological polar surface area (TPSA) is 86.3 Å². The second-order valence-electron chi connectivity index (χ2n) is 5.77. The van der Waals surface area contributed by atoms with Gasteiger partial charge in [0.2, 0.25) is 0 Å². The number of amides is 3. The zero-order valence-corrected chi connectivity index (χ0v) is 13.1. The summed E-state index contributed by atoms with van der Waals surface area (Å²) in [6.07, 6.45) is 0. The van der Waals surface area contributed by atoms with Gasteiger partial charge in [-0.05, 0) is 38.1 Å². The molecule has 6 nitrogen and oxygen atoms in total. The van der Waals surface area contributed by atoms with E-state index in [1.165, 1.54) is 12.1 Å². The fourth-order valence-electron chi connectivity index (χ4n) is 2.63. The summed E-state index contributed by atoms with van der Waals surface area (Å²) >= 11 is 0. The first-order valence-corrected chi connectivity index (χ1v) is 7.24. The standard InChI is InChI=1S/C17H14FN3O3/c1-10-3-6-14(24-10)17(2)15(22)21(16(23)20-17)9-12-5-4-11(8-19)7-13(12)18/h3-7H,9H2,1-2H3,(H,20,23). The highest BCUT2D eigenvalue weighted by Gasteiger charge is 2.51. The van der Waals surface area contributed by atoms with Crippen LogP contribution in [0.15, 0.2) is 34.7 Å². The van der Waals surface area contributed by atoms with Gasteiger partial charge >= 0.3 is 6.03 Å². The van der Waals surface area contributed by atoms with Gasteiger partial charge in [-0.2, -0.15) is 5.26 Å². The van der Waals surface area contributed by atoms with Crippen LogP contribution in [0, 0.1) is 24.1 Å². The lowest BCUT2D eigenvalue weighted by Gasteiger charge is -2.19. The number of carbonyl (C=O) groups excluding carboxylic acids is 2. The number of halogens is 1. The third-order valence-corrected chi connectivity index (χ3v) is 4.02. The number of benzene rings is 1. The van der Waals surface area contributed by atoms with E-state index in [0.29, 0.717) is 11.5 Å². The van der Waals surface area contributed by atoms with Gasteiger partial charge in [0.15, 0.2) is 5.54 Å². The number of hydrogen-bond acceptors (Lipinski definition) is 4. The quantitative estimate of drug-likeness (QED) is 0.878. The molecule has 1 aliphatic rings. The molecular formula is C17H14FN3O3. The fourth-order valence-corrected chi connectivity index (χ4v) is 2.63. The van der Waals surface area contributed by atoms with Crippen LogP contribution in [0.1, 0.15) is 29.6 Å². The highest BCUT2D eigenvalue weighted by atomic mass is 19.1. The average Bonchev–Trinajstić information content (AvgIpc) is 3.07. The van der Waals surface area contributed by atoms with Crippen LogP contribution in [-0.4, -0.2) is 16.8 Å². The Balaban J connectivity index is 1.89. The Hall–Kier alpha value is -3.14. The smallest absolute Gasteiger partial charge is 0.325 e. The van der Waals surface area contributed by atoms with Gasteiger partial charge in [-0.15, -0.1) is 0 Å². The van der Waals surface area contributed by atoms with E-state index < -0.39 is 23.3 Å². The predicted octanol–water partition coefficient (Wildman–Crippen LogP) is 2.57. The van der Waals surface area contributed by atoms with Crippen LogP contribution in [0.3, 0.4) is 0 Å². The summed E-state index contributed by atoms with van der Waals surface area (Å²) in [6, 6.07) is 8.43. The number of urea groups is 1. The van der Waals surface area contributed by atoms with Crippen molar-refractivity contribution in [2.75, 3.05) is 0 Å². The van der Waals surface area contributed by atoms with Crippen molar-refractivity contribution in [2.45, 2.75) is 25.9 Å². The zero-order chi connectivity index (χ0) is 17.5. The molecule has 1 aromatic carbocycles. The van der Waals surface area contributed by atoms with Crippen LogP contribution in [0.4, 0.5) is 9.18 Å². The molecule has 2 heterocycles. The van der Waals surface area contributed by atoms with Crippen LogP contribution in [-0.2, 0) is 16.9 Å². The van der Waals surface area contributed by atoms with Crippen molar-refractivity contribution in [1.29, 1.82) is 5.26 Å². The molecule has 122 valence electrons. The van der Waals surface area contributed by atoms with Crippen molar-refractivity contribution >= 4 is 11.9 Å². The van der Waals surface area contributed by atoms with Gasteiger partial charge in [-0.3, -0.25) is 9.69 Å². The molecule has 0 aliphatic carbocycles. The molecule has 0 spiro atoms. The first-order valence-electron chi connectivity index (χ1n) is 7.24. The normalized spacial score (nSPS) is 20.2. The summed E-state index contributed by atoms with van der Waals surface area (Å²) in [5.41, 5.74) is -1.00. The summed E-state index contributed by atoms with van der Waals surface area (Å²) in [5.74, 6) is -0.228. The minimum atomic E-state index is -1.32. The van der Waals surface area contributed by atoms with Crippen LogP contribution < -0.4 is 5.32 Å². The van der Waals surface area contributed by atoms with Gasteiger partial charge in [-0.25, -0.2) is 9.18 Å². The summed E-state index contributed by atoms with van der Waals surface area (Å²) in [5, 5.41) is 11.4. The second kappa shape index (κ2) is 5.49. The maximum Gasteiger partial charge on any atom is 0.325 e. The van der Waals surface area contributed by atoms with Gasteiger partial charge in [0.1, 0.15) is 17.3 Å². The Morgan fingerprint density at radius 1 is 1.33 bits per heavy atom. The number of rotatable bonds is 3. The average molecular weight is 327 g/mol. The minimum Gasteiger partial charge on any atom is -0.463 e. The van der Waals surface area contributed by atoms with Crippen molar-refractivity contribution in [3.63, 3.8) is 0 Å². The minimum absolute atomic E-state index is 0.150. The number of furan rings is 1. The molecule has 1 atom stereocenters. The van der Waals surface area contributed by atoms with Crippen molar-refractivity contribution in [2.24, 2.45) is 0 Å². The van der Waals surface area contributed by atoms with Crippen molar-refractivity contribution in [3.8, 4) is 6.07 Å². The lowest BCUT2D eigenvalue weighted by Crippen LogP contribution is -2.40. The number of aryl methyl sites for hydroxylation is 1. The molecule has 1 aliphatic heterocycles. The van der Waals surface area contributed by atoms with E-state index in [1.807, 2.05) is 6.07 Å². The molecule has 1 aromatic heterocycles. The molecule has 1 saturated heterocycles. The molecule has 24 heavy (non-hydrogen) atoms. The monoisotopic (exact) mass is 327 g/mol. The molecule has 1 unspecified atom stereocenters. The number of nitriles is 1. The molecule has 7 heteroatoms.